The first kappa shape index (κ1) is 13.0. The molecule has 5 heteroatoms. The highest BCUT2D eigenvalue weighted by Gasteiger charge is 2.09. The van der Waals surface area contributed by atoms with Crippen LogP contribution < -0.4 is 10.1 Å². The molecule has 1 rings (SSSR count). The highest BCUT2D eigenvalue weighted by Crippen LogP contribution is 2.18. The Morgan fingerprint density at radius 3 is 2.69 bits per heavy atom. The summed E-state index contributed by atoms with van der Waals surface area (Å²) in [5.41, 5.74) is 0. The molecule has 0 aromatic heterocycles. The Labute approximate surface area is 96.5 Å². The number of hydrogen-bond acceptors (Lipinski definition) is 4. The third kappa shape index (κ3) is 3.83. The summed E-state index contributed by atoms with van der Waals surface area (Å²) >= 11 is 0. The van der Waals surface area contributed by atoms with Crippen LogP contribution in [0.2, 0.25) is 0 Å². The van der Waals surface area contributed by atoms with Gasteiger partial charge in [0.05, 0.1) is 4.90 Å². The average Bonchev–Trinajstić information content (AvgIpc) is 2.17. The van der Waals surface area contributed by atoms with Crippen molar-refractivity contribution in [2.45, 2.75) is 17.9 Å². The Bertz CT molecular complexity index is 442. The molecule has 4 nitrogen and oxygen atoms in total. The van der Waals surface area contributed by atoms with Gasteiger partial charge in [0.1, 0.15) is 11.9 Å². The minimum absolute atomic E-state index is 0.000176. The number of nitrogens with one attached hydrogen (secondary N) is 1. The molecule has 0 radical (unpaired) electrons. The first-order valence-electron chi connectivity index (χ1n) is 5.05. The van der Waals surface area contributed by atoms with E-state index < -0.39 is 9.84 Å². The van der Waals surface area contributed by atoms with Gasteiger partial charge in [-0.15, -0.1) is 0 Å². The van der Waals surface area contributed by atoms with Crippen LogP contribution in [-0.2, 0) is 9.84 Å². The van der Waals surface area contributed by atoms with Crippen LogP contribution in [0.5, 0.6) is 5.75 Å². The standard InChI is InChI=1S/C11H17NO3S/c1-9(8-12-2)15-10-5-4-6-11(7-10)16(3,13)14/h4-7,9,12H,8H2,1-3H3. The molecule has 1 aromatic rings. The summed E-state index contributed by atoms with van der Waals surface area (Å²) in [5.74, 6) is 0.575. The maximum atomic E-state index is 11.3. The molecule has 90 valence electrons. The van der Waals surface area contributed by atoms with E-state index in [4.69, 9.17) is 4.74 Å². The van der Waals surface area contributed by atoms with Crippen LogP contribution in [0.1, 0.15) is 6.92 Å². The smallest absolute Gasteiger partial charge is 0.175 e. The lowest BCUT2D eigenvalue weighted by Gasteiger charge is -2.14. The molecule has 0 fully saturated rings. The fraction of sp³-hybridized carbons (Fsp3) is 0.455. The third-order valence-corrected chi connectivity index (χ3v) is 3.17. The van der Waals surface area contributed by atoms with Crippen LogP contribution in [0.15, 0.2) is 29.2 Å². The topological polar surface area (TPSA) is 55.4 Å². The predicted molar refractivity (Wildman–Crippen MR) is 63.6 cm³/mol. The molecule has 0 bridgehead atoms. The van der Waals surface area contributed by atoms with Crippen molar-refractivity contribution in [2.75, 3.05) is 19.8 Å². The SMILES string of the molecule is CNCC(C)Oc1cccc(S(C)(=O)=O)c1. The van der Waals surface area contributed by atoms with Gasteiger partial charge in [-0.2, -0.15) is 0 Å². The summed E-state index contributed by atoms with van der Waals surface area (Å²) in [4.78, 5) is 0.279. The molecule has 1 aromatic carbocycles. The lowest BCUT2D eigenvalue weighted by Crippen LogP contribution is -2.26. The molecular weight excluding hydrogens is 226 g/mol. The Morgan fingerprint density at radius 2 is 2.12 bits per heavy atom. The first-order chi connectivity index (χ1) is 7.43. The number of hydrogen-bond donors (Lipinski definition) is 1. The van der Waals surface area contributed by atoms with Crippen molar-refractivity contribution in [3.63, 3.8) is 0 Å². The number of rotatable bonds is 5. The molecule has 0 heterocycles. The fourth-order valence-corrected chi connectivity index (χ4v) is 2.00. The van der Waals surface area contributed by atoms with Crippen LogP contribution in [-0.4, -0.2) is 34.4 Å². The van der Waals surface area contributed by atoms with Crippen molar-refractivity contribution < 1.29 is 13.2 Å². The maximum absolute atomic E-state index is 11.3. The van der Waals surface area contributed by atoms with Crippen molar-refractivity contribution in [3.05, 3.63) is 24.3 Å². The normalized spacial score (nSPS) is 13.4. The van der Waals surface area contributed by atoms with Gasteiger partial charge in [-0.25, -0.2) is 8.42 Å². The van der Waals surface area contributed by atoms with E-state index in [-0.39, 0.29) is 11.0 Å². The lowest BCUT2D eigenvalue weighted by molar-refractivity contribution is 0.220. The van der Waals surface area contributed by atoms with Gasteiger partial charge in [-0.1, -0.05) is 6.07 Å². The Kier molecular flexibility index (Phi) is 4.32. The second-order valence-electron chi connectivity index (χ2n) is 3.73. The van der Waals surface area contributed by atoms with Crippen molar-refractivity contribution in [1.29, 1.82) is 0 Å². The van der Waals surface area contributed by atoms with Gasteiger partial charge in [0.25, 0.3) is 0 Å². The zero-order valence-electron chi connectivity index (χ0n) is 9.73. The van der Waals surface area contributed by atoms with Gasteiger partial charge >= 0.3 is 0 Å². The average molecular weight is 243 g/mol. The quantitative estimate of drug-likeness (QED) is 0.840. The summed E-state index contributed by atoms with van der Waals surface area (Å²) in [6.07, 6.45) is 1.18. The number of ether oxygens (including phenoxy) is 1. The van der Waals surface area contributed by atoms with Gasteiger partial charge in [-0.05, 0) is 32.2 Å². The molecule has 1 N–H and O–H groups in total. The minimum atomic E-state index is -3.17. The Hall–Kier alpha value is -1.07. The summed E-state index contributed by atoms with van der Waals surface area (Å²) in [6.45, 7) is 2.63. The summed E-state index contributed by atoms with van der Waals surface area (Å²) in [7, 11) is -1.33. The molecule has 0 aliphatic carbocycles. The number of benzene rings is 1. The summed E-state index contributed by atoms with van der Waals surface area (Å²) < 4.78 is 28.2. The Balaban J connectivity index is 2.83. The molecule has 0 spiro atoms. The van der Waals surface area contributed by atoms with Crippen molar-refractivity contribution >= 4 is 9.84 Å². The second-order valence-corrected chi connectivity index (χ2v) is 5.75. The van der Waals surface area contributed by atoms with Gasteiger partial charge < -0.3 is 10.1 Å². The van der Waals surface area contributed by atoms with Crippen molar-refractivity contribution in [1.82, 2.24) is 5.32 Å². The van der Waals surface area contributed by atoms with Gasteiger partial charge in [0, 0.05) is 12.8 Å². The zero-order chi connectivity index (χ0) is 12.2. The van der Waals surface area contributed by atoms with Crippen LogP contribution in [0.4, 0.5) is 0 Å². The lowest BCUT2D eigenvalue weighted by atomic mass is 10.3. The molecule has 0 amide bonds. The number of likely N-dealkylation sites (N-methyl/N-ethyl adjacent to an activating group) is 1. The summed E-state index contributed by atoms with van der Waals surface area (Å²) in [5, 5.41) is 2.99. The van der Waals surface area contributed by atoms with Gasteiger partial charge in [0.15, 0.2) is 9.84 Å². The predicted octanol–water partition coefficient (Wildman–Crippen LogP) is 1.08. The van der Waals surface area contributed by atoms with E-state index in [0.29, 0.717) is 12.3 Å². The largest absolute Gasteiger partial charge is 0.489 e. The molecule has 0 aliphatic heterocycles. The summed E-state index contributed by atoms with van der Waals surface area (Å²) in [6, 6.07) is 6.53. The maximum Gasteiger partial charge on any atom is 0.175 e. The molecule has 0 aliphatic rings. The zero-order valence-corrected chi connectivity index (χ0v) is 10.5. The van der Waals surface area contributed by atoms with Crippen LogP contribution >= 0.6 is 0 Å². The highest BCUT2D eigenvalue weighted by atomic mass is 32.2. The highest BCUT2D eigenvalue weighted by molar-refractivity contribution is 7.90. The first-order valence-corrected chi connectivity index (χ1v) is 6.94. The van der Waals surface area contributed by atoms with Gasteiger partial charge in [-0.3, -0.25) is 0 Å². The second kappa shape index (κ2) is 5.32. The number of sulfone groups is 1. The molecule has 0 saturated carbocycles. The van der Waals surface area contributed by atoms with Crippen molar-refractivity contribution in [3.8, 4) is 5.75 Å². The van der Waals surface area contributed by atoms with E-state index >= 15 is 0 Å². The monoisotopic (exact) mass is 243 g/mol. The van der Waals surface area contributed by atoms with Crippen molar-refractivity contribution in [2.24, 2.45) is 0 Å². The van der Waals surface area contributed by atoms with Crippen LogP contribution in [0, 0.1) is 0 Å². The van der Waals surface area contributed by atoms with E-state index in [0.717, 1.165) is 0 Å². The Morgan fingerprint density at radius 1 is 1.44 bits per heavy atom. The molecular formula is C11H17NO3S. The molecule has 1 unspecified atom stereocenters. The van der Waals surface area contributed by atoms with E-state index in [1.807, 2.05) is 14.0 Å². The minimum Gasteiger partial charge on any atom is -0.489 e. The molecule has 0 saturated heterocycles. The fourth-order valence-electron chi connectivity index (χ4n) is 1.34. The molecule has 16 heavy (non-hydrogen) atoms. The van der Waals surface area contributed by atoms with E-state index in [9.17, 15) is 8.42 Å². The van der Waals surface area contributed by atoms with E-state index in [2.05, 4.69) is 5.32 Å². The molecule has 1 atom stereocenters. The van der Waals surface area contributed by atoms with Crippen LogP contribution in [0.3, 0.4) is 0 Å². The van der Waals surface area contributed by atoms with Crippen LogP contribution in [0.25, 0.3) is 0 Å². The van der Waals surface area contributed by atoms with E-state index in [1.165, 1.54) is 6.26 Å². The third-order valence-electron chi connectivity index (χ3n) is 2.06. The van der Waals surface area contributed by atoms with E-state index in [1.54, 1.807) is 24.3 Å². The van der Waals surface area contributed by atoms with Gasteiger partial charge in [0.2, 0.25) is 0 Å².